The Balaban J connectivity index is 1.23. The van der Waals surface area contributed by atoms with Crippen molar-refractivity contribution in [2.24, 2.45) is 0 Å². The van der Waals surface area contributed by atoms with Crippen LogP contribution in [0.5, 0.6) is 11.5 Å². The number of likely N-dealkylation sites (tertiary alicyclic amines) is 1. The fourth-order valence-electron chi connectivity index (χ4n) is 4.34. The number of hydrogen-bond donors (Lipinski definition) is 3. The van der Waals surface area contributed by atoms with Gasteiger partial charge in [0.05, 0.1) is 44.6 Å². The van der Waals surface area contributed by atoms with E-state index in [1.54, 1.807) is 19.5 Å². The number of urea groups is 1. The summed E-state index contributed by atoms with van der Waals surface area (Å²) in [7, 11) is 3.60. The number of benzene rings is 2. The number of quaternary nitrogens is 1. The Morgan fingerprint density at radius 2 is 1.89 bits per heavy atom. The molecule has 3 N–H and O–H groups in total. The Morgan fingerprint density at radius 3 is 2.69 bits per heavy atom. The van der Waals surface area contributed by atoms with E-state index >= 15 is 0 Å². The van der Waals surface area contributed by atoms with Gasteiger partial charge in [-0.25, -0.2) is 14.3 Å². The van der Waals surface area contributed by atoms with Crippen molar-refractivity contribution in [3.8, 4) is 11.5 Å². The molecule has 9 nitrogen and oxygen atoms in total. The number of amides is 2. The highest BCUT2D eigenvalue weighted by Crippen LogP contribution is 2.31. The van der Waals surface area contributed by atoms with Crippen LogP contribution in [0.15, 0.2) is 67.0 Å². The van der Waals surface area contributed by atoms with Gasteiger partial charge in [0.15, 0.2) is 17.3 Å². The van der Waals surface area contributed by atoms with Gasteiger partial charge in [0.2, 0.25) is 0 Å². The van der Waals surface area contributed by atoms with E-state index in [2.05, 4.69) is 25.8 Å². The third-order valence-electron chi connectivity index (χ3n) is 6.50. The Morgan fingerprint density at radius 1 is 1.09 bits per heavy atom. The molecule has 1 aliphatic rings. The molecular weight excluding hydrogens is 444 g/mol. The molecule has 0 spiro atoms. The molecule has 0 atom stereocenters. The number of anilines is 3. The standard InChI is InChI=1S/C26H28N6O3/c1-32(14-11-20(12-15-32)35-24-8-4-3-7-23(24)34-2)26(33)30-21-6-5-13-27-25(21)29-19-10-9-18-17-28-31-22(18)16-19/h3-10,13,16-17,20H,11-12,14-15H2,1-2H3,(H2-,27,28,29,30,31,33)/p+1. The van der Waals surface area contributed by atoms with Gasteiger partial charge in [-0.2, -0.15) is 5.10 Å². The lowest BCUT2D eigenvalue weighted by Gasteiger charge is -2.37. The Kier molecular flexibility index (Phi) is 6.24. The van der Waals surface area contributed by atoms with Crippen molar-refractivity contribution >= 4 is 34.1 Å². The minimum Gasteiger partial charge on any atom is -0.493 e. The maximum atomic E-state index is 13.3. The second kappa shape index (κ2) is 9.63. The minimum absolute atomic E-state index is 0.0401. The van der Waals surface area contributed by atoms with Crippen molar-refractivity contribution in [3.63, 3.8) is 0 Å². The molecule has 5 rings (SSSR count). The van der Waals surface area contributed by atoms with Crippen LogP contribution in [0.4, 0.5) is 22.0 Å². The first kappa shape index (κ1) is 22.7. The second-order valence-corrected chi connectivity index (χ2v) is 8.94. The van der Waals surface area contributed by atoms with Gasteiger partial charge in [0.1, 0.15) is 6.10 Å². The van der Waals surface area contributed by atoms with Gasteiger partial charge < -0.3 is 14.8 Å². The summed E-state index contributed by atoms with van der Waals surface area (Å²) in [5, 5.41) is 14.4. The van der Waals surface area contributed by atoms with E-state index in [0.29, 0.717) is 24.6 Å². The number of pyridine rings is 1. The van der Waals surface area contributed by atoms with Gasteiger partial charge in [-0.1, -0.05) is 12.1 Å². The second-order valence-electron chi connectivity index (χ2n) is 8.94. The zero-order chi connectivity index (χ0) is 24.3. The van der Waals surface area contributed by atoms with E-state index in [4.69, 9.17) is 9.47 Å². The number of piperidine rings is 1. The molecule has 2 amide bonds. The van der Waals surface area contributed by atoms with Crippen LogP contribution in [0.2, 0.25) is 0 Å². The lowest BCUT2D eigenvalue weighted by molar-refractivity contribution is -0.834. The third-order valence-corrected chi connectivity index (χ3v) is 6.50. The summed E-state index contributed by atoms with van der Waals surface area (Å²) in [6.45, 7) is 1.34. The Labute approximate surface area is 203 Å². The number of carbonyl (C=O) groups is 1. The highest BCUT2D eigenvalue weighted by atomic mass is 16.5. The molecule has 2 aromatic carbocycles. The number of hydrogen-bond acceptors (Lipinski definition) is 6. The number of rotatable bonds is 6. The van der Waals surface area contributed by atoms with Gasteiger partial charge in [-0.15, -0.1) is 0 Å². The molecule has 9 heteroatoms. The number of aromatic nitrogens is 3. The SMILES string of the molecule is COc1ccccc1OC1CC[N+](C)(C(=O)Nc2cccnc2Nc2ccc3cn[nH]c3c2)CC1. The van der Waals surface area contributed by atoms with Gasteiger partial charge in [0, 0.05) is 30.1 Å². The lowest BCUT2D eigenvalue weighted by atomic mass is 10.1. The quantitative estimate of drug-likeness (QED) is 0.343. The lowest BCUT2D eigenvalue weighted by Crippen LogP contribution is -2.57. The van der Waals surface area contributed by atoms with Crippen LogP contribution in [0, 0.1) is 0 Å². The molecule has 1 saturated heterocycles. The van der Waals surface area contributed by atoms with Crippen molar-refractivity contribution in [2.45, 2.75) is 18.9 Å². The van der Waals surface area contributed by atoms with Crippen molar-refractivity contribution < 1.29 is 18.8 Å². The monoisotopic (exact) mass is 473 g/mol. The van der Waals surface area contributed by atoms with E-state index in [-0.39, 0.29) is 16.6 Å². The molecule has 1 fully saturated rings. The largest absolute Gasteiger partial charge is 0.493 e. The molecule has 0 radical (unpaired) electrons. The Bertz CT molecular complexity index is 1330. The maximum Gasteiger partial charge on any atom is 0.420 e. The van der Waals surface area contributed by atoms with E-state index in [1.165, 1.54) is 0 Å². The highest BCUT2D eigenvalue weighted by molar-refractivity contribution is 5.90. The molecule has 3 heterocycles. The fourth-order valence-corrected chi connectivity index (χ4v) is 4.34. The summed E-state index contributed by atoms with van der Waals surface area (Å²) in [5.74, 6) is 2.04. The summed E-state index contributed by atoms with van der Waals surface area (Å²) in [5.41, 5.74) is 2.41. The molecular formula is C26H29N6O3+. The van der Waals surface area contributed by atoms with Crippen LogP contribution in [-0.2, 0) is 0 Å². The molecule has 0 saturated carbocycles. The number of fused-ring (bicyclic) bond motifs is 1. The Hall–Kier alpha value is -4.11. The van der Waals surface area contributed by atoms with Crippen LogP contribution in [-0.4, -0.2) is 59.0 Å². The van der Waals surface area contributed by atoms with E-state index in [0.717, 1.165) is 40.9 Å². The predicted octanol–water partition coefficient (Wildman–Crippen LogP) is 4.93. The first-order chi connectivity index (χ1) is 17.0. The smallest absolute Gasteiger partial charge is 0.420 e. The minimum atomic E-state index is -0.0687. The van der Waals surface area contributed by atoms with Gasteiger partial charge >= 0.3 is 6.03 Å². The first-order valence-electron chi connectivity index (χ1n) is 11.6. The average Bonchev–Trinajstić information content (AvgIpc) is 3.35. The molecule has 180 valence electrons. The normalized spacial score (nSPS) is 19.8. The van der Waals surface area contributed by atoms with E-state index in [9.17, 15) is 4.79 Å². The summed E-state index contributed by atoms with van der Waals surface area (Å²) in [6, 6.07) is 17.1. The van der Waals surface area contributed by atoms with Crippen LogP contribution in [0.3, 0.4) is 0 Å². The van der Waals surface area contributed by atoms with E-state index < -0.39 is 0 Å². The predicted molar refractivity (Wildman–Crippen MR) is 135 cm³/mol. The van der Waals surface area contributed by atoms with Crippen molar-refractivity contribution in [3.05, 3.63) is 67.0 Å². The number of para-hydroxylation sites is 2. The van der Waals surface area contributed by atoms with Crippen molar-refractivity contribution in [1.82, 2.24) is 15.2 Å². The number of methoxy groups -OCH3 is 1. The molecule has 35 heavy (non-hydrogen) atoms. The molecule has 2 aromatic heterocycles. The highest BCUT2D eigenvalue weighted by Gasteiger charge is 2.38. The van der Waals surface area contributed by atoms with Crippen LogP contribution in [0.25, 0.3) is 10.9 Å². The van der Waals surface area contributed by atoms with E-state index in [1.807, 2.05) is 61.6 Å². The van der Waals surface area contributed by atoms with Crippen LogP contribution >= 0.6 is 0 Å². The van der Waals surface area contributed by atoms with Crippen molar-refractivity contribution in [2.75, 3.05) is 37.9 Å². The molecule has 0 bridgehead atoms. The molecule has 0 unspecified atom stereocenters. The van der Waals surface area contributed by atoms with Gasteiger partial charge in [-0.05, 0) is 42.5 Å². The summed E-state index contributed by atoms with van der Waals surface area (Å²) >= 11 is 0. The molecule has 1 aliphatic heterocycles. The summed E-state index contributed by atoms with van der Waals surface area (Å²) < 4.78 is 11.9. The number of H-pyrrole nitrogens is 1. The number of ether oxygens (including phenoxy) is 2. The van der Waals surface area contributed by atoms with Gasteiger partial charge in [-0.3, -0.25) is 10.4 Å². The number of aromatic amines is 1. The number of nitrogens with one attached hydrogen (secondary N) is 3. The van der Waals surface area contributed by atoms with Gasteiger partial charge in [0.25, 0.3) is 0 Å². The van der Waals surface area contributed by atoms with Crippen LogP contribution in [0.1, 0.15) is 12.8 Å². The maximum absolute atomic E-state index is 13.3. The fraction of sp³-hybridized carbons (Fsp3) is 0.269. The summed E-state index contributed by atoms with van der Waals surface area (Å²) in [6.07, 6.45) is 5.05. The summed E-state index contributed by atoms with van der Waals surface area (Å²) in [4.78, 5) is 17.8. The third kappa shape index (κ3) is 4.90. The number of nitrogens with zero attached hydrogens (tertiary/aromatic N) is 3. The first-order valence-corrected chi connectivity index (χ1v) is 11.6. The zero-order valence-electron chi connectivity index (χ0n) is 19.8. The van der Waals surface area contributed by atoms with Crippen LogP contribution < -0.4 is 20.1 Å². The molecule has 0 aliphatic carbocycles. The topological polar surface area (TPSA) is 101 Å². The zero-order valence-corrected chi connectivity index (χ0v) is 19.8. The molecule has 4 aromatic rings. The van der Waals surface area contributed by atoms with Crippen molar-refractivity contribution in [1.29, 1.82) is 0 Å². The average molecular weight is 474 g/mol. The number of carbonyl (C=O) groups excluding carboxylic acids is 1.